The fraction of sp³-hybridized carbons (Fsp3) is 0.727. The summed E-state index contributed by atoms with van der Waals surface area (Å²) < 4.78 is 1.41. The van der Waals surface area contributed by atoms with E-state index < -0.39 is 5.60 Å². The van der Waals surface area contributed by atoms with E-state index in [4.69, 9.17) is 0 Å². The van der Waals surface area contributed by atoms with Crippen LogP contribution in [0.3, 0.4) is 0 Å². The summed E-state index contributed by atoms with van der Waals surface area (Å²) in [5.41, 5.74) is -0.924. The Hall–Kier alpha value is -1.70. The number of aromatic nitrogens is 1. The van der Waals surface area contributed by atoms with Crippen molar-refractivity contribution >= 4 is 5.91 Å². The van der Waals surface area contributed by atoms with Gasteiger partial charge in [-0.05, 0) is 65.3 Å². The van der Waals surface area contributed by atoms with Crippen molar-refractivity contribution in [1.29, 1.82) is 0 Å². The summed E-state index contributed by atoms with van der Waals surface area (Å²) in [7, 11) is 0. The van der Waals surface area contributed by atoms with Gasteiger partial charge >= 0.3 is 0 Å². The predicted molar refractivity (Wildman–Crippen MR) is 114 cm³/mol. The van der Waals surface area contributed by atoms with Crippen LogP contribution in [-0.2, 0) is 11.3 Å². The number of aliphatic hydroxyl groups is 1. The number of carbonyl (C=O) groups excluding carboxylic acids is 1. The second kappa shape index (κ2) is 8.98. The Morgan fingerprint density at radius 2 is 1.79 bits per heavy atom. The molecular weight excluding hydrogens is 368 g/mol. The Morgan fingerprint density at radius 3 is 2.34 bits per heavy atom. The Morgan fingerprint density at radius 1 is 1.17 bits per heavy atom. The van der Waals surface area contributed by atoms with Crippen LogP contribution >= 0.6 is 0 Å². The van der Waals surface area contributed by atoms with E-state index in [1.807, 2.05) is 13.0 Å². The van der Waals surface area contributed by atoms with Gasteiger partial charge in [-0.1, -0.05) is 0 Å². The molecule has 2 aliphatic heterocycles. The molecule has 1 unspecified atom stereocenters. The molecule has 0 aliphatic carbocycles. The van der Waals surface area contributed by atoms with Crippen molar-refractivity contribution in [3.8, 4) is 0 Å². The van der Waals surface area contributed by atoms with Crippen molar-refractivity contribution in [2.75, 3.05) is 39.3 Å². The number of amides is 1. The summed E-state index contributed by atoms with van der Waals surface area (Å²) >= 11 is 0. The van der Waals surface area contributed by atoms with E-state index in [9.17, 15) is 14.7 Å². The molecule has 0 radical (unpaired) electrons. The van der Waals surface area contributed by atoms with Crippen LogP contribution in [0.1, 0.15) is 39.2 Å². The third-order valence-electron chi connectivity index (χ3n) is 6.44. The first kappa shape index (κ1) is 22.0. The highest BCUT2D eigenvalue weighted by molar-refractivity contribution is 5.84. The van der Waals surface area contributed by atoms with Crippen molar-refractivity contribution in [1.82, 2.24) is 19.3 Å². The monoisotopic (exact) mass is 404 g/mol. The maximum atomic E-state index is 12.9. The number of piperidine rings is 1. The van der Waals surface area contributed by atoms with Gasteiger partial charge in [-0.15, -0.1) is 0 Å². The number of hydrogen-bond acceptors (Lipinski definition) is 5. The molecule has 1 aromatic rings. The van der Waals surface area contributed by atoms with Crippen LogP contribution in [0.5, 0.6) is 0 Å². The van der Waals surface area contributed by atoms with Crippen LogP contribution in [0.4, 0.5) is 0 Å². The topological polar surface area (TPSA) is 69.0 Å². The molecule has 0 saturated carbocycles. The van der Waals surface area contributed by atoms with Crippen molar-refractivity contribution < 1.29 is 9.90 Å². The standard InChI is InChI=1S/C22H36N4O3/c1-17(2)23-9-6-19(7-10-23)24-11-13-25(14-12-24)21(28)22(4,29)16-26-8-5-18(3)15-20(26)27/h5,8,15,17,19,29H,6-7,9-14,16H2,1-4H3. The fourth-order valence-electron chi connectivity index (χ4n) is 4.53. The lowest BCUT2D eigenvalue weighted by atomic mass is 10.00. The molecule has 1 N–H and O–H groups in total. The van der Waals surface area contributed by atoms with Gasteiger partial charge in [-0.3, -0.25) is 14.5 Å². The Labute approximate surface area is 173 Å². The van der Waals surface area contributed by atoms with E-state index in [0.29, 0.717) is 25.2 Å². The lowest BCUT2D eigenvalue weighted by Gasteiger charge is -2.44. The minimum absolute atomic E-state index is 0.0289. The number of carbonyl (C=O) groups is 1. The highest BCUT2D eigenvalue weighted by atomic mass is 16.3. The minimum Gasteiger partial charge on any atom is -0.378 e. The Bertz CT molecular complexity index is 758. The Balaban J connectivity index is 1.53. The number of nitrogens with zero attached hydrogens (tertiary/aromatic N) is 4. The molecule has 1 atom stereocenters. The van der Waals surface area contributed by atoms with Gasteiger partial charge in [0, 0.05) is 50.5 Å². The molecule has 2 fully saturated rings. The molecule has 2 aliphatic rings. The first-order valence-corrected chi connectivity index (χ1v) is 10.8. The molecule has 1 aromatic heterocycles. The maximum Gasteiger partial charge on any atom is 0.256 e. The summed E-state index contributed by atoms with van der Waals surface area (Å²) in [5.74, 6) is -0.292. The summed E-state index contributed by atoms with van der Waals surface area (Å²) in [6.45, 7) is 13.1. The lowest BCUT2D eigenvalue weighted by Crippen LogP contribution is -2.58. The molecule has 7 heteroatoms. The SMILES string of the molecule is Cc1ccn(CC(C)(O)C(=O)N2CCN(C3CCN(C(C)C)CC3)CC2)c(=O)c1. The molecular formula is C22H36N4O3. The van der Waals surface area contributed by atoms with Gasteiger partial charge in [0.05, 0.1) is 6.54 Å². The maximum absolute atomic E-state index is 12.9. The second-order valence-electron chi connectivity index (χ2n) is 9.13. The zero-order chi connectivity index (χ0) is 21.2. The minimum atomic E-state index is -1.59. The predicted octanol–water partition coefficient (Wildman–Crippen LogP) is 0.925. The first-order valence-electron chi connectivity index (χ1n) is 10.8. The summed E-state index contributed by atoms with van der Waals surface area (Å²) in [6, 6.07) is 4.53. The van der Waals surface area contributed by atoms with Crippen LogP contribution in [0, 0.1) is 6.92 Å². The van der Waals surface area contributed by atoms with Gasteiger partial charge in [0.2, 0.25) is 0 Å². The third-order valence-corrected chi connectivity index (χ3v) is 6.44. The first-order chi connectivity index (χ1) is 13.7. The van der Waals surface area contributed by atoms with Gasteiger partial charge in [-0.25, -0.2) is 0 Å². The van der Waals surface area contributed by atoms with E-state index >= 15 is 0 Å². The quantitative estimate of drug-likeness (QED) is 0.791. The Kier molecular flexibility index (Phi) is 6.81. The molecule has 2 saturated heterocycles. The lowest BCUT2D eigenvalue weighted by molar-refractivity contribution is -0.153. The van der Waals surface area contributed by atoms with Crippen LogP contribution in [0.2, 0.25) is 0 Å². The van der Waals surface area contributed by atoms with E-state index in [0.717, 1.165) is 31.7 Å². The fourth-order valence-corrected chi connectivity index (χ4v) is 4.53. The third kappa shape index (κ3) is 5.27. The van der Waals surface area contributed by atoms with Crippen molar-refractivity contribution in [2.45, 2.75) is 64.8 Å². The number of pyridine rings is 1. The van der Waals surface area contributed by atoms with E-state index in [2.05, 4.69) is 23.6 Å². The zero-order valence-corrected chi connectivity index (χ0v) is 18.3. The summed E-state index contributed by atoms with van der Waals surface area (Å²) in [4.78, 5) is 31.8. The number of rotatable bonds is 5. The van der Waals surface area contributed by atoms with E-state index in [-0.39, 0.29) is 18.0 Å². The van der Waals surface area contributed by atoms with E-state index in [1.165, 1.54) is 30.4 Å². The van der Waals surface area contributed by atoms with Crippen LogP contribution < -0.4 is 5.56 Å². The number of hydrogen-bond donors (Lipinski definition) is 1. The van der Waals surface area contributed by atoms with E-state index in [1.54, 1.807) is 11.1 Å². The van der Waals surface area contributed by atoms with Gasteiger partial charge in [-0.2, -0.15) is 0 Å². The molecule has 0 aromatic carbocycles. The molecule has 7 nitrogen and oxygen atoms in total. The second-order valence-corrected chi connectivity index (χ2v) is 9.13. The van der Waals surface area contributed by atoms with Crippen LogP contribution in [0.15, 0.2) is 23.1 Å². The number of aryl methyl sites for hydroxylation is 1. The number of piperazine rings is 1. The van der Waals surface area contributed by atoms with Gasteiger partial charge in [0.1, 0.15) is 0 Å². The van der Waals surface area contributed by atoms with Crippen molar-refractivity contribution in [3.63, 3.8) is 0 Å². The average molecular weight is 405 g/mol. The molecule has 3 rings (SSSR count). The molecule has 162 valence electrons. The smallest absolute Gasteiger partial charge is 0.256 e. The highest BCUT2D eigenvalue weighted by Gasteiger charge is 2.37. The molecule has 29 heavy (non-hydrogen) atoms. The largest absolute Gasteiger partial charge is 0.378 e. The molecule has 1 amide bonds. The zero-order valence-electron chi connectivity index (χ0n) is 18.3. The summed E-state index contributed by atoms with van der Waals surface area (Å²) in [6.07, 6.45) is 4.00. The van der Waals surface area contributed by atoms with Gasteiger partial charge < -0.3 is 19.5 Å². The van der Waals surface area contributed by atoms with Crippen molar-refractivity contribution in [3.05, 3.63) is 34.2 Å². The average Bonchev–Trinajstić information content (AvgIpc) is 2.70. The molecule has 0 bridgehead atoms. The molecule has 0 spiro atoms. The van der Waals surface area contributed by atoms with Crippen molar-refractivity contribution in [2.24, 2.45) is 0 Å². The van der Waals surface area contributed by atoms with Gasteiger partial charge in [0.25, 0.3) is 11.5 Å². The molecule has 3 heterocycles. The van der Waals surface area contributed by atoms with Gasteiger partial charge in [0.15, 0.2) is 5.60 Å². The normalized spacial score (nSPS) is 22.1. The van der Waals surface area contributed by atoms with Crippen LogP contribution in [-0.4, -0.2) is 87.2 Å². The van der Waals surface area contributed by atoms with Crippen LogP contribution in [0.25, 0.3) is 0 Å². The number of likely N-dealkylation sites (tertiary alicyclic amines) is 1. The summed E-state index contributed by atoms with van der Waals surface area (Å²) in [5, 5.41) is 10.8. The highest BCUT2D eigenvalue weighted by Crippen LogP contribution is 2.21.